The number of hydrogen-bond acceptors (Lipinski definition) is 4. The lowest BCUT2D eigenvalue weighted by Gasteiger charge is -2.20. The van der Waals surface area contributed by atoms with Crippen molar-refractivity contribution in [1.29, 1.82) is 0 Å². The van der Waals surface area contributed by atoms with Gasteiger partial charge in [0, 0.05) is 26.0 Å². The second-order valence-corrected chi connectivity index (χ2v) is 4.41. The van der Waals surface area contributed by atoms with Gasteiger partial charge >= 0.3 is 5.97 Å². The Morgan fingerprint density at radius 1 is 1.38 bits per heavy atom. The molecule has 1 aliphatic rings. The Bertz CT molecular complexity index is 214. The molecule has 0 spiro atoms. The van der Waals surface area contributed by atoms with E-state index >= 15 is 0 Å². The minimum absolute atomic E-state index is 0.248. The zero-order valence-electron chi connectivity index (χ0n) is 9.57. The molecule has 1 unspecified atom stereocenters. The summed E-state index contributed by atoms with van der Waals surface area (Å²) in [5.41, 5.74) is -0.693. The summed E-state index contributed by atoms with van der Waals surface area (Å²) in [5, 5.41) is 21.5. The summed E-state index contributed by atoms with van der Waals surface area (Å²) < 4.78 is 5.13. The number of carbonyl (C=O) groups is 1. The van der Waals surface area contributed by atoms with Gasteiger partial charge in [0.05, 0.1) is 6.61 Å². The van der Waals surface area contributed by atoms with Crippen LogP contribution in [0.2, 0.25) is 0 Å². The first-order chi connectivity index (χ1) is 7.62. The molecule has 1 fully saturated rings. The SMILES string of the molecule is O=C(O)CCCCCNCC1(O)CCOC1. The van der Waals surface area contributed by atoms with Crippen molar-refractivity contribution < 1.29 is 19.7 Å². The highest BCUT2D eigenvalue weighted by Crippen LogP contribution is 2.16. The summed E-state index contributed by atoms with van der Waals surface area (Å²) in [4.78, 5) is 10.2. The Morgan fingerprint density at radius 2 is 2.19 bits per heavy atom. The lowest BCUT2D eigenvalue weighted by atomic mass is 10.0. The number of carboxylic acid groups (broad SMARTS) is 1. The fraction of sp³-hybridized carbons (Fsp3) is 0.909. The van der Waals surface area contributed by atoms with Gasteiger partial charge < -0.3 is 20.3 Å². The molecule has 1 rings (SSSR count). The first kappa shape index (κ1) is 13.4. The first-order valence-corrected chi connectivity index (χ1v) is 5.85. The molecule has 0 aromatic rings. The van der Waals surface area contributed by atoms with E-state index < -0.39 is 11.6 Å². The number of unbranched alkanes of at least 4 members (excludes halogenated alkanes) is 2. The number of ether oxygens (including phenoxy) is 1. The molecule has 5 heteroatoms. The molecule has 94 valence electrons. The molecule has 0 aliphatic carbocycles. The molecule has 0 aromatic carbocycles. The molecule has 1 saturated heterocycles. The normalized spacial score (nSPS) is 24.8. The van der Waals surface area contributed by atoms with Gasteiger partial charge in [-0.25, -0.2) is 0 Å². The van der Waals surface area contributed by atoms with Crippen molar-refractivity contribution in [2.75, 3.05) is 26.3 Å². The second kappa shape index (κ2) is 6.83. The van der Waals surface area contributed by atoms with E-state index in [1.807, 2.05) is 0 Å². The number of aliphatic carboxylic acids is 1. The van der Waals surface area contributed by atoms with Gasteiger partial charge in [0.15, 0.2) is 0 Å². The Hall–Kier alpha value is -0.650. The standard InChI is InChI=1S/C11H21NO4/c13-10(14)4-2-1-3-6-12-8-11(15)5-7-16-9-11/h12,15H,1-9H2,(H,13,14). The van der Waals surface area contributed by atoms with Crippen molar-refractivity contribution in [1.82, 2.24) is 5.32 Å². The molecule has 0 amide bonds. The van der Waals surface area contributed by atoms with Crippen LogP contribution in [0.4, 0.5) is 0 Å². The molecule has 0 bridgehead atoms. The Balaban J connectivity index is 1.90. The highest BCUT2D eigenvalue weighted by molar-refractivity contribution is 5.66. The van der Waals surface area contributed by atoms with Crippen LogP contribution in [0.3, 0.4) is 0 Å². The average molecular weight is 231 g/mol. The summed E-state index contributed by atoms with van der Waals surface area (Å²) in [6, 6.07) is 0. The third-order valence-electron chi connectivity index (χ3n) is 2.78. The molecule has 0 aromatic heterocycles. The van der Waals surface area contributed by atoms with Gasteiger partial charge in [0.2, 0.25) is 0 Å². The van der Waals surface area contributed by atoms with Crippen LogP contribution in [0.15, 0.2) is 0 Å². The van der Waals surface area contributed by atoms with Crippen LogP contribution in [-0.2, 0) is 9.53 Å². The van der Waals surface area contributed by atoms with Crippen molar-refractivity contribution in [3.63, 3.8) is 0 Å². The van der Waals surface area contributed by atoms with Gasteiger partial charge in [-0.3, -0.25) is 4.79 Å². The molecule has 16 heavy (non-hydrogen) atoms. The Morgan fingerprint density at radius 3 is 2.81 bits per heavy atom. The molecule has 0 saturated carbocycles. The Labute approximate surface area is 95.8 Å². The fourth-order valence-electron chi connectivity index (χ4n) is 1.76. The van der Waals surface area contributed by atoms with E-state index in [0.29, 0.717) is 26.2 Å². The van der Waals surface area contributed by atoms with Gasteiger partial charge in [-0.05, 0) is 19.4 Å². The number of nitrogens with one attached hydrogen (secondary N) is 1. The lowest BCUT2D eigenvalue weighted by molar-refractivity contribution is -0.137. The summed E-state index contributed by atoms with van der Waals surface area (Å²) in [6.07, 6.45) is 3.53. The van der Waals surface area contributed by atoms with E-state index in [4.69, 9.17) is 9.84 Å². The molecule has 1 aliphatic heterocycles. The smallest absolute Gasteiger partial charge is 0.303 e. The molecule has 1 atom stereocenters. The molecule has 5 nitrogen and oxygen atoms in total. The highest BCUT2D eigenvalue weighted by atomic mass is 16.5. The topological polar surface area (TPSA) is 78.8 Å². The number of aliphatic hydroxyl groups is 1. The van der Waals surface area contributed by atoms with Crippen molar-refractivity contribution in [3.05, 3.63) is 0 Å². The zero-order chi connectivity index (χ0) is 11.9. The zero-order valence-corrected chi connectivity index (χ0v) is 9.57. The van der Waals surface area contributed by atoms with Gasteiger partial charge in [-0.2, -0.15) is 0 Å². The quantitative estimate of drug-likeness (QED) is 0.526. The average Bonchev–Trinajstić information content (AvgIpc) is 2.64. The monoisotopic (exact) mass is 231 g/mol. The van der Waals surface area contributed by atoms with Crippen molar-refractivity contribution >= 4 is 5.97 Å². The first-order valence-electron chi connectivity index (χ1n) is 5.85. The summed E-state index contributed by atoms with van der Waals surface area (Å²) >= 11 is 0. The third-order valence-corrected chi connectivity index (χ3v) is 2.78. The summed E-state index contributed by atoms with van der Waals surface area (Å²) in [5.74, 6) is -0.731. The Kier molecular flexibility index (Phi) is 5.73. The molecular weight excluding hydrogens is 210 g/mol. The molecule has 3 N–H and O–H groups in total. The van der Waals surface area contributed by atoms with Crippen molar-refractivity contribution in [2.24, 2.45) is 0 Å². The third kappa shape index (κ3) is 5.44. The second-order valence-electron chi connectivity index (χ2n) is 4.41. The maximum absolute atomic E-state index is 10.2. The van der Waals surface area contributed by atoms with E-state index in [1.165, 1.54) is 0 Å². The van der Waals surface area contributed by atoms with Crippen LogP contribution < -0.4 is 5.32 Å². The summed E-state index contributed by atoms with van der Waals surface area (Å²) in [6.45, 7) is 2.43. The maximum atomic E-state index is 10.2. The largest absolute Gasteiger partial charge is 0.481 e. The lowest BCUT2D eigenvalue weighted by Crippen LogP contribution is -2.41. The van der Waals surface area contributed by atoms with Crippen LogP contribution in [-0.4, -0.2) is 48.1 Å². The van der Waals surface area contributed by atoms with Gasteiger partial charge in [0.1, 0.15) is 5.60 Å². The van der Waals surface area contributed by atoms with Crippen molar-refractivity contribution in [3.8, 4) is 0 Å². The van der Waals surface area contributed by atoms with Crippen LogP contribution in [0.1, 0.15) is 32.1 Å². The number of carboxylic acids is 1. The minimum Gasteiger partial charge on any atom is -0.481 e. The molecular formula is C11H21NO4. The van der Waals surface area contributed by atoms with E-state index in [2.05, 4.69) is 5.32 Å². The minimum atomic E-state index is -0.731. The van der Waals surface area contributed by atoms with Crippen molar-refractivity contribution in [2.45, 2.75) is 37.7 Å². The van der Waals surface area contributed by atoms with Crippen LogP contribution in [0, 0.1) is 0 Å². The predicted molar refractivity (Wildman–Crippen MR) is 59.4 cm³/mol. The van der Waals surface area contributed by atoms with E-state index in [9.17, 15) is 9.90 Å². The van der Waals surface area contributed by atoms with Gasteiger partial charge in [-0.1, -0.05) is 6.42 Å². The van der Waals surface area contributed by atoms with Gasteiger partial charge in [0.25, 0.3) is 0 Å². The summed E-state index contributed by atoms with van der Waals surface area (Å²) in [7, 11) is 0. The highest BCUT2D eigenvalue weighted by Gasteiger charge is 2.31. The molecule has 0 radical (unpaired) electrons. The van der Waals surface area contributed by atoms with E-state index in [-0.39, 0.29) is 6.42 Å². The van der Waals surface area contributed by atoms with Crippen LogP contribution in [0.5, 0.6) is 0 Å². The number of hydrogen-bond donors (Lipinski definition) is 3. The number of rotatable bonds is 8. The predicted octanol–water partition coefficient (Wildman–Crippen LogP) is 0.372. The van der Waals surface area contributed by atoms with Crippen LogP contribution >= 0.6 is 0 Å². The van der Waals surface area contributed by atoms with Gasteiger partial charge in [-0.15, -0.1) is 0 Å². The van der Waals surface area contributed by atoms with E-state index in [0.717, 1.165) is 25.8 Å². The maximum Gasteiger partial charge on any atom is 0.303 e. The fourth-order valence-corrected chi connectivity index (χ4v) is 1.76. The van der Waals surface area contributed by atoms with Crippen LogP contribution in [0.25, 0.3) is 0 Å². The van der Waals surface area contributed by atoms with E-state index in [1.54, 1.807) is 0 Å². The molecule has 1 heterocycles.